The van der Waals surface area contributed by atoms with Crippen LogP contribution in [0.4, 0.5) is 23.1 Å². The number of fused-ring (bicyclic) bond motifs is 1. The summed E-state index contributed by atoms with van der Waals surface area (Å²) in [5.74, 6) is 0.754. The Kier molecular flexibility index (Phi) is 6.70. The van der Waals surface area contributed by atoms with Crippen molar-refractivity contribution in [3.05, 3.63) is 70.3 Å². The SMILES string of the molecule is COc1nc(N(C)CCN(C)C)c([N+](=O)[O-])cc1Nc1nccc(C2(C)CC=C3C=CC=CN32)n1. The van der Waals surface area contributed by atoms with Crippen molar-refractivity contribution in [1.29, 1.82) is 0 Å². The van der Waals surface area contributed by atoms with E-state index >= 15 is 0 Å². The van der Waals surface area contributed by atoms with Gasteiger partial charge in [-0.3, -0.25) is 10.1 Å². The summed E-state index contributed by atoms with van der Waals surface area (Å²) in [7, 11) is 7.13. The number of nitrogens with one attached hydrogen (secondary N) is 1. The fourth-order valence-corrected chi connectivity index (χ4v) is 4.13. The Morgan fingerprint density at radius 1 is 1.26 bits per heavy atom. The number of ether oxygens (including phenoxy) is 1. The standard InChI is InChI=1S/C24H30N8O3/c1-24(11-9-17-8-6-7-13-31(17)24)20-10-12-25-23(27-20)26-18-16-19(32(33)34)21(28-22(18)35-5)30(4)15-14-29(2)3/h6-10,12-13,16H,11,14-15H2,1-5H3,(H,25,26,27). The van der Waals surface area contributed by atoms with E-state index in [2.05, 4.69) is 39.3 Å². The van der Waals surface area contributed by atoms with Crippen LogP contribution in [-0.4, -0.2) is 71.0 Å². The highest BCUT2D eigenvalue weighted by molar-refractivity contribution is 5.71. The first-order valence-electron chi connectivity index (χ1n) is 11.3. The molecule has 0 spiro atoms. The van der Waals surface area contributed by atoms with E-state index in [9.17, 15) is 10.1 Å². The quantitative estimate of drug-likeness (QED) is 0.425. The van der Waals surface area contributed by atoms with Crippen LogP contribution in [0.1, 0.15) is 19.0 Å². The zero-order valence-corrected chi connectivity index (χ0v) is 20.6. The molecule has 1 atom stereocenters. The van der Waals surface area contributed by atoms with E-state index in [-0.39, 0.29) is 22.9 Å². The number of anilines is 3. The largest absolute Gasteiger partial charge is 0.479 e. The van der Waals surface area contributed by atoms with E-state index in [1.54, 1.807) is 18.1 Å². The maximum absolute atomic E-state index is 11.9. The first-order valence-corrected chi connectivity index (χ1v) is 11.3. The maximum Gasteiger partial charge on any atom is 0.313 e. The summed E-state index contributed by atoms with van der Waals surface area (Å²) in [5.41, 5.74) is 1.76. The minimum absolute atomic E-state index is 0.132. The van der Waals surface area contributed by atoms with Crippen molar-refractivity contribution >= 4 is 23.1 Å². The third-order valence-corrected chi connectivity index (χ3v) is 6.17. The highest BCUT2D eigenvalue weighted by Gasteiger charge is 2.39. The van der Waals surface area contributed by atoms with Crippen molar-refractivity contribution in [2.45, 2.75) is 18.9 Å². The molecule has 0 saturated heterocycles. The molecule has 1 N–H and O–H groups in total. The molecule has 0 aliphatic carbocycles. The van der Waals surface area contributed by atoms with Gasteiger partial charge in [-0.15, -0.1) is 0 Å². The molecule has 0 saturated carbocycles. The van der Waals surface area contributed by atoms with Crippen LogP contribution < -0.4 is 15.0 Å². The lowest BCUT2D eigenvalue weighted by Crippen LogP contribution is -2.36. The molecule has 0 radical (unpaired) electrons. The molecule has 2 aliphatic heterocycles. The molecular weight excluding hydrogens is 448 g/mol. The molecule has 0 aromatic carbocycles. The molecule has 1 unspecified atom stereocenters. The van der Waals surface area contributed by atoms with Crippen LogP contribution in [0.2, 0.25) is 0 Å². The molecule has 184 valence electrons. The number of rotatable bonds is 9. The van der Waals surface area contributed by atoms with Gasteiger partial charge in [0.25, 0.3) is 0 Å². The van der Waals surface area contributed by atoms with Gasteiger partial charge in [0.15, 0.2) is 0 Å². The van der Waals surface area contributed by atoms with Crippen molar-refractivity contribution in [2.75, 3.05) is 51.6 Å². The predicted octanol–water partition coefficient (Wildman–Crippen LogP) is 3.42. The molecule has 2 aromatic rings. The number of hydrogen-bond acceptors (Lipinski definition) is 10. The fraction of sp³-hybridized carbons (Fsp3) is 0.375. The number of methoxy groups -OCH3 is 1. The molecule has 11 heteroatoms. The van der Waals surface area contributed by atoms with Gasteiger partial charge in [-0.2, -0.15) is 4.98 Å². The van der Waals surface area contributed by atoms with Gasteiger partial charge in [-0.05, 0) is 45.7 Å². The van der Waals surface area contributed by atoms with Crippen molar-refractivity contribution in [2.24, 2.45) is 0 Å². The van der Waals surface area contributed by atoms with E-state index in [1.807, 2.05) is 43.4 Å². The molecule has 2 aliphatic rings. The minimum Gasteiger partial charge on any atom is -0.479 e. The van der Waals surface area contributed by atoms with Gasteiger partial charge >= 0.3 is 5.69 Å². The smallest absolute Gasteiger partial charge is 0.313 e. The molecular formula is C24H30N8O3. The number of allylic oxidation sites excluding steroid dienone is 3. The van der Waals surface area contributed by atoms with Gasteiger partial charge in [0.05, 0.1) is 23.3 Å². The van der Waals surface area contributed by atoms with E-state index in [0.717, 1.165) is 24.4 Å². The average molecular weight is 479 g/mol. The van der Waals surface area contributed by atoms with Gasteiger partial charge < -0.3 is 24.8 Å². The van der Waals surface area contributed by atoms with Crippen LogP contribution in [0.25, 0.3) is 0 Å². The summed E-state index contributed by atoms with van der Waals surface area (Å²) >= 11 is 0. The fourth-order valence-electron chi connectivity index (χ4n) is 4.13. The lowest BCUT2D eigenvalue weighted by Gasteiger charge is -2.36. The predicted molar refractivity (Wildman–Crippen MR) is 135 cm³/mol. The number of likely N-dealkylation sites (N-methyl/N-ethyl adjacent to an activating group) is 2. The molecule has 0 bridgehead atoms. The van der Waals surface area contributed by atoms with Gasteiger partial charge in [0.1, 0.15) is 5.69 Å². The monoisotopic (exact) mass is 478 g/mol. The maximum atomic E-state index is 11.9. The Hall–Kier alpha value is -3.99. The van der Waals surface area contributed by atoms with Crippen LogP contribution in [-0.2, 0) is 5.54 Å². The van der Waals surface area contributed by atoms with Crippen LogP contribution in [0.5, 0.6) is 5.88 Å². The highest BCUT2D eigenvalue weighted by Crippen LogP contribution is 2.42. The van der Waals surface area contributed by atoms with Crippen LogP contribution in [0.15, 0.2) is 54.5 Å². The Labute approximate surface area is 204 Å². The van der Waals surface area contributed by atoms with Crippen LogP contribution >= 0.6 is 0 Å². The lowest BCUT2D eigenvalue weighted by atomic mass is 9.94. The van der Waals surface area contributed by atoms with Crippen molar-refractivity contribution in [3.8, 4) is 5.88 Å². The first-order chi connectivity index (χ1) is 16.7. The van der Waals surface area contributed by atoms with E-state index in [1.165, 1.54) is 13.2 Å². The molecule has 35 heavy (non-hydrogen) atoms. The summed E-state index contributed by atoms with van der Waals surface area (Å²) in [6.07, 6.45) is 12.8. The first kappa shape index (κ1) is 24.1. The Morgan fingerprint density at radius 3 is 2.77 bits per heavy atom. The van der Waals surface area contributed by atoms with Crippen LogP contribution in [0, 0.1) is 10.1 Å². The molecule has 0 amide bonds. The van der Waals surface area contributed by atoms with E-state index in [0.29, 0.717) is 18.2 Å². The summed E-state index contributed by atoms with van der Waals surface area (Å²) in [4.78, 5) is 30.9. The molecule has 4 rings (SSSR count). The number of nitrogens with zero attached hydrogens (tertiary/aromatic N) is 7. The van der Waals surface area contributed by atoms with Crippen LogP contribution in [0.3, 0.4) is 0 Å². The number of pyridine rings is 1. The summed E-state index contributed by atoms with van der Waals surface area (Å²) in [6.45, 7) is 3.41. The van der Waals surface area contributed by atoms with Crippen molar-refractivity contribution in [1.82, 2.24) is 24.8 Å². The van der Waals surface area contributed by atoms with Crippen molar-refractivity contribution in [3.63, 3.8) is 0 Å². The minimum atomic E-state index is -0.445. The van der Waals surface area contributed by atoms with Crippen molar-refractivity contribution < 1.29 is 9.66 Å². The highest BCUT2D eigenvalue weighted by atomic mass is 16.6. The molecule has 2 aromatic heterocycles. The molecule has 4 heterocycles. The van der Waals surface area contributed by atoms with Gasteiger partial charge in [-0.25, -0.2) is 9.97 Å². The second-order valence-electron chi connectivity index (χ2n) is 8.94. The topological polar surface area (TPSA) is 113 Å². The normalized spacial score (nSPS) is 18.5. The number of nitro groups is 1. The number of hydrogen-bond donors (Lipinski definition) is 1. The van der Waals surface area contributed by atoms with E-state index in [4.69, 9.17) is 9.72 Å². The average Bonchev–Trinajstić information content (AvgIpc) is 3.20. The third-order valence-electron chi connectivity index (χ3n) is 6.17. The van der Waals surface area contributed by atoms with Gasteiger partial charge in [0, 0.05) is 44.3 Å². The Morgan fingerprint density at radius 2 is 2.06 bits per heavy atom. The Balaban J connectivity index is 1.64. The second-order valence-corrected chi connectivity index (χ2v) is 8.94. The summed E-state index contributed by atoms with van der Waals surface area (Å²) in [6, 6.07) is 3.30. The Bertz CT molecular complexity index is 1210. The second kappa shape index (κ2) is 9.71. The number of aromatic nitrogens is 3. The molecule has 0 fully saturated rings. The van der Waals surface area contributed by atoms with Gasteiger partial charge in [-0.1, -0.05) is 12.2 Å². The third kappa shape index (κ3) is 4.80. The van der Waals surface area contributed by atoms with E-state index < -0.39 is 4.92 Å². The molecule has 11 nitrogen and oxygen atoms in total. The summed E-state index contributed by atoms with van der Waals surface area (Å²) < 4.78 is 5.47. The van der Waals surface area contributed by atoms with Gasteiger partial charge in [0.2, 0.25) is 17.6 Å². The summed E-state index contributed by atoms with van der Waals surface area (Å²) in [5, 5.41) is 15.0. The zero-order valence-electron chi connectivity index (χ0n) is 20.6. The zero-order chi connectivity index (χ0) is 25.2. The lowest BCUT2D eigenvalue weighted by molar-refractivity contribution is -0.384.